The predicted molar refractivity (Wildman–Crippen MR) is 33.9 cm³/mol. The van der Waals surface area contributed by atoms with Gasteiger partial charge >= 0.3 is 0 Å². The fourth-order valence-electron chi connectivity index (χ4n) is 0.443. The molecule has 0 bridgehead atoms. The molecule has 0 aromatic heterocycles. The lowest BCUT2D eigenvalue weighted by atomic mass is 10.3. The van der Waals surface area contributed by atoms with Crippen molar-refractivity contribution in [1.29, 1.82) is 0 Å². The highest BCUT2D eigenvalue weighted by Crippen LogP contribution is 2.30. The van der Waals surface area contributed by atoms with Gasteiger partial charge in [-0.05, 0) is 0 Å². The summed E-state index contributed by atoms with van der Waals surface area (Å²) in [6, 6.07) is 0. The molecule has 0 spiro atoms. The first-order valence-corrected chi connectivity index (χ1v) is 3.13. The lowest BCUT2D eigenvalue weighted by Crippen LogP contribution is -1.81. The molecule has 0 aromatic carbocycles. The maximum absolute atomic E-state index is 8.78. The molecule has 1 aliphatic rings. The third-order valence-electron chi connectivity index (χ3n) is 0.921. The summed E-state index contributed by atoms with van der Waals surface area (Å²) in [6.07, 6.45) is 0. The molecule has 1 aliphatic heterocycles. The third kappa shape index (κ3) is 0.690. The minimum atomic E-state index is -0.0463. The van der Waals surface area contributed by atoms with Crippen LogP contribution in [-0.2, 0) is 0 Å². The van der Waals surface area contributed by atoms with E-state index >= 15 is 0 Å². The monoisotopic (exact) mass is 130 g/mol. The Bertz CT molecular complexity index is 160. The van der Waals surface area contributed by atoms with Gasteiger partial charge in [-0.1, -0.05) is 18.3 Å². The van der Waals surface area contributed by atoms with Gasteiger partial charge in [-0.15, -0.1) is 0 Å². The fourth-order valence-corrected chi connectivity index (χ4v) is 1.17. The Balaban J connectivity index is 2.86. The molecule has 1 heterocycles. The van der Waals surface area contributed by atoms with Gasteiger partial charge in [-0.3, -0.25) is 0 Å². The van der Waals surface area contributed by atoms with Crippen molar-refractivity contribution in [2.45, 2.75) is 0 Å². The molecule has 2 N–H and O–H groups in total. The van der Waals surface area contributed by atoms with Crippen LogP contribution in [0.2, 0.25) is 0 Å². The van der Waals surface area contributed by atoms with Crippen LogP contribution in [0, 0.1) is 0 Å². The average Bonchev–Trinajstić information content (AvgIpc) is 1.98. The third-order valence-corrected chi connectivity index (χ3v) is 1.88. The lowest BCUT2D eigenvalue weighted by Gasteiger charge is -1.87. The standard InChI is InChI=1S/C5H6O2S/c1-3-2-8-5(7)4(3)6/h6-7H,1-2H2. The van der Waals surface area contributed by atoms with E-state index in [0.29, 0.717) is 11.3 Å². The van der Waals surface area contributed by atoms with Crippen molar-refractivity contribution in [3.05, 3.63) is 23.0 Å². The summed E-state index contributed by atoms with van der Waals surface area (Å²) in [7, 11) is 0. The van der Waals surface area contributed by atoms with Crippen LogP contribution in [0.5, 0.6) is 0 Å². The molecule has 44 valence electrons. The molecule has 0 saturated carbocycles. The molecule has 0 unspecified atom stereocenters. The number of aliphatic hydroxyl groups excluding tert-OH is 2. The Morgan fingerprint density at radius 1 is 1.50 bits per heavy atom. The van der Waals surface area contributed by atoms with E-state index in [0.717, 1.165) is 0 Å². The number of rotatable bonds is 0. The smallest absolute Gasteiger partial charge is 0.193 e. The molecule has 0 saturated heterocycles. The number of aliphatic hydroxyl groups is 2. The van der Waals surface area contributed by atoms with E-state index in [1.807, 2.05) is 0 Å². The van der Waals surface area contributed by atoms with Crippen molar-refractivity contribution in [1.82, 2.24) is 0 Å². The Labute approximate surface area is 51.5 Å². The Morgan fingerprint density at radius 3 is 2.25 bits per heavy atom. The highest BCUT2D eigenvalue weighted by molar-refractivity contribution is 8.03. The highest BCUT2D eigenvalue weighted by Gasteiger charge is 2.16. The van der Waals surface area contributed by atoms with E-state index in [1.54, 1.807) is 0 Å². The van der Waals surface area contributed by atoms with Gasteiger partial charge in [0.1, 0.15) is 0 Å². The van der Waals surface area contributed by atoms with Crippen LogP contribution in [0.15, 0.2) is 23.0 Å². The average molecular weight is 130 g/mol. The van der Waals surface area contributed by atoms with E-state index in [1.165, 1.54) is 11.8 Å². The zero-order valence-corrected chi connectivity index (χ0v) is 5.03. The normalized spacial score (nSPS) is 20.2. The molecule has 0 radical (unpaired) electrons. The summed E-state index contributed by atoms with van der Waals surface area (Å²) in [6.45, 7) is 3.50. The zero-order valence-electron chi connectivity index (χ0n) is 4.22. The molecule has 0 aromatic rings. The van der Waals surface area contributed by atoms with Crippen LogP contribution in [0.4, 0.5) is 0 Å². The summed E-state index contributed by atoms with van der Waals surface area (Å²) in [5.41, 5.74) is 0.604. The predicted octanol–water partition coefficient (Wildman–Crippen LogP) is 1.57. The molecule has 8 heavy (non-hydrogen) atoms. The van der Waals surface area contributed by atoms with Gasteiger partial charge in [0.25, 0.3) is 0 Å². The topological polar surface area (TPSA) is 40.5 Å². The van der Waals surface area contributed by atoms with Crippen LogP contribution >= 0.6 is 11.8 Å². The van der Waals surface area contributed by atoms with Gasteiger partial charge in [0.05, 0.1) is 0 Å². The van der Waals surface area contributed by atoms with Crippen molar-refractivity contribution in [3.63, 3.8) is 0 Å². The van der Waals surface area contributed by atoms with Gasteiger partial charge in [-0.2, -0.15) is 0 Å². The van der Waals surface area contributed by atoms with Crippen LogP contribution < -0.4 is 0 Å². The number of hydrogen-bond donors (Lipinski definition) is 2. The van der Waals surface area contributed by atoms with Gasteiger partial charge in [-0.25, -0.2) is 0 Å². The van der Waals surface area contributed by atoms with Crippen molar-refractivity contribution >= 4 is 11.8 Å². The van der Waals surface area contributed by atoms with E-state index in [4.69, 9.17) is 10.2 Å². The summed E-state index contributed by atoms with van der Waals surface area (Å²) in [4.78, 5) is 0. The van der Waals surface area contributed by atoms with Crippen molar-refractivity contribution < 1.29 is 10.2 Å². The summed E-state index contributed by atoms with van der Waals surface area (Å²) >= 11 is 1.20. The minimum Gasteiger partial charge on any atom is -0.504 e. The van der Waals surface area contributed by atoms with Crippen LogP contribution in [0.25, 0.3) is 0 Å². The number of allylic oxidation sites excluding steroid dienone is 1. The first kappa shape index (κ1) is 5.56. The number of thioether (sulfide) groups is 1. The SMILES string of the molecule is C=C1CSC(O)=C1O. The second-order valence-corrected chi connectivity index (χ2v) is 2.51. The second kappa shape index (κ2) is 1.74. The molecule has 2 nitrogen and oxygen atoms in total. The van der Waals surface area contributed by atoms with Gasteiger partial charge in [0.2, 0.25) is 0 Å². The van der Waals surface area contributed by atoms with Crippen LogP contribution in [-0.4, -0.2) is 16.0 Å². The summed E-state index contributed by atoms with van der Waals surface area (Å²) in [5, 5.41) is 17.5. The molecule has 0 aliphatic carbocycles. The summed E-state index contributed by atoms with van der Waals surface area (Å²) < 4.78 is 0. The number of hydrogen-bond acceptors (Lipinski definition) is 3. The molecule has 0 amide bonds. The first-order chi connectivity index (χ1) is 3.72. The van der Waals surface area contributed by atoms with Crippen LogP contribution in [0.1, 0.15) is 0 Å². The molecule has 0 fully saturated rings. The molecule has 3 heteroatoms. The fraction of sp³-hybridized carbons (Fsp3) is 0.200. The van der Waals surface area contributed by atoms with Crippen molar-refractivity contribution in [3.8, 4) is 0 Å². The zero-order chi connectivity index (χ0) is 6.15. The van der Waals surface area contributed by atoms with E-state index in [2.05, 4.69) is 6.58 Å². The minimum absolute atomic E-state index is 0.00463. The molecule has 0 atom stereocenters. The maximum Gasteiger partial charge on any atom is 0.193 e. The summed E-state index contributed by atoms with van der Waals surface area (Å²) in [5.74, 6) is 0.563. The largest absolute Gasteiger partial charge is 0.504 e. The van der Waals surface area contributed by atoms with E-state index in [-0.39, 0.29) is 10.9 Å². The Hall–Kier alpha value is -0.570. The highest BCUT2D eigenvalue weighted by atomic mass is 32.2. The van der Waals surface area contributed by atoms with Crippen LogP contribution in [0.3, 0.4) is 0 Å². The van der Waals surface area contributed by atoms with Gasteiger partial charge in [0.15, 0.2) is 10.9 Å². The Morgan fingerprint density at radius 2 is 2.12 bits per heavy atom. The van der Waals surface area contributed by atoms with Crippen molar-refractivity contribution in [2.75, 3.05) is 5.75 Å². The quantitative estimate of drug-likeness (QED) is 0.523. The maximum atomic E-state index is 8.78. The lowest BCUT2D eigenvalue weighted by molar-refractivity contribution is 0.366. The van der Waals surface area contributed by atoms with Gasteiger partial charge in [0, 0.05) is 11.3 Å². The van der Waals surface area contributed by atoms with Gasteiger partial charge < -0.3 is 10.2 Å². The Kier molecular flexibility index (Phi) is 1.21. The van der Waals surface area contributed by atoms with Crippen molar-refractivity contribution in [2.24, 2.45) is 0 Å². The molecule has 1 rings (SSSR count). The molecular weight excluding hydrogens is 124 g/mol. The van der Waals surface area contributed by atoms with E-state index < -0.39 is 0 Å². The first-order valence-electron chi connectivity index (χ1n) is 2.15. The second-order valence-electron chi connectivity index (χ2n) is 1.55. The van der Waals surface area contributed by atoms with E-state index in [9.17, 15) is 0 Å². The molecular formula is C5H6O2S.